The summed E-state index contributed by atoms with van der Waals surface area (Å²) in [5, 5.41) is 73.2. The maximum Gasteiger partial charge on any atom is 0.311 e. The van der Waals surface area contributed by atoms with Crippen molar-refractivity contribution in [1.82, 2.24) is 4.98 Å². The average Bonchev–Trinajstić information content (AvgIpc) is 3.20. The Morgan fingerprint density at radius 2 is 1.28 bits per heavy atom. The van der Waals surface area contributed by atoms with Crippen LogP contribution in [0.2, 0.25) is 0 Å². The highest BCUT2D eigenvalue weighted by molar-refractivity contribution is 8.77. The minimum Gasteiger partial charge on any atom is -0.464 e. The van der Waals surface area contributed by atoms with E-state index in [2.05, 4.69) is 4.98 Å². The van der Waals surface area contributed by atoms with E-state index in [0.717, 1.165) is 10.8 Å². The Morgan fingerprint density at radius 3 is 1.84 bits per heavy atom. The molecule has 21 heteroatoms. The van der Waals surface area contributed by atoms with Gasteiger partial charge in [0.1, 0.15) is 73.7 Å². The lowest BCUT2D eigenvalue weighted by molar-refractivity contribution is -0.376. The summed E-state index contributed by atoms with van der Waals surface area (Å²) in [6, 6.07) is 5.55. The van der Waals surface area contributed by atoms with Crippen molar-refractivity contribution >= 4 is 61.1 Å². The lowest BCUT2D eigenvalue weighted by Crippen LogP contribution is -2.63. The maximum absolute atomic E-state index is 14.3. The van der Waals surface area contributed by atoms with Crippen LogP contribution in [0.5, 0.6) is 0 Å². The number of aromatic nitrogens is 1. The number of pyridine rings is 1. The fourth-order valence-electron chi connectivity index (χ4n) is 6.61. The summed E-state index contributed by atoms with van der Waals surface area (Å²) in [4.78, 5) is 45.6. The van der Waals surface area contributed by atoms with E-state index >= 15 is 0 Å². The molecule has 7 N–H and O–H groups in total. The second kappa shape index (κ2) is 23.7. The lowest BCUT2D eigenvalue weighted by atomic mass is 9.65. The fraction of sp³-hybridized carbons (Fsp3) is 0.784. The normalized spacial score (nSPS) is 29.8. The molecule has 2 saturated heterocycles. The number of aliphatic hydroxyl groups is 7. The first-order valence-electron chi connectivity index (χ1n) is 19.0. The molecule has 2 unspecified atom stereocenters. The van der Waals surface area contributed by atoms with Crippen molar-refractivity contribution in [1.29, 1.82) is 0 Å². The van der Waals surface area contributed by atoms with Crippen molar-refractivity contribution in [3.63, 3.8) is 0 Å². The Kier molecular flexibility index (Phi) is 20.8. The van der Waals surface area contributed by atoms with Crippen LogP contribution in [0, 0.1) is 16.2 Å². The SMILES string of the molecule is CCSSCCOC(=O)C(C)(C)CC(C)(CC(C)(CC)C(=O)OCCSSc1ccccn1)C(=O)OC[C@H]1O[C@H](O[C@H]2O[C@H](CO)[C@@H](O)[C@H](O)[C@H]2O)[C@H](O)[C@@H](O)[C@@H]1O. The van der Waals surface area contributed by atoms with Gasteiger partial charge < -0.3 is 64.2 Å². The molecule has 332 valence electrons. The molecular weight excluding hydrogens is 843 g/mol. The summed E-state index contributed by atoms with van der Waals surface area (Å²) >= 11 is 0. The van der Waals surface area contributed by atoms with Crippen LogP contribution in [0.25, 0.3) is 0 Å². The summed E-state index contributed by atoms with van der Waals surface area (Å²) in [6.07, 6.45) is -15.8. The lowest BCUT2D eigenvalue weighted by Gasteiger charge is -2.45. The molecule has 3 heterocycles. The number of hydrogen-bond donors (Lipinski definition) is 7. The zero-order chi connectivity index (χ0) is 43.3. The van der Waals surface area contributed by atoms with Crippen LogP contribution in [-0.2, 0) is 42.8 Å². The standard InChI is InChI=1S/C37H59NO16S4/c1-7-36(5,33(47)50-14-16-57-58-23-11-9-10-12-38-23)20-37(6,19-35(3,4)32(46)49-13-15-56-55-8-2)34(48)51-18-22-25(41)27(43)29(45)31(53-22)54-30-28(44)26(42)24(40)21(17-39)52-30/h9-12,21-22,24-31,39-45H,7-8,13-20H2,1-6H3/t21-,22-,24-,25-,26+,27+,28-,29-,30-,31-,36?,37?/m1/s1. The van der Waals surface area contributed by atoms with Gasteiger partial charge in [-0.05, 0) is 69.9 Å². The van der Waals surface area contributed by atoms with Crippen LogP contribution in [0.3, 0.4) is 0 Å². The largest absolute Gasteiger partial charge is 0.464 e. The average molecular weight is 902 g/mol. The van der Waals surface area contributed by atoms with E-state index in [4.69, 9.17) is 28.4 Å². The first-order chi connectivity index (χ1) is 27.3. The van der Waals surface area contributed by atoms with Gasteiger partial charge in [0.25, 0.3) is 0 Å². The molecular formula is C37H59NO16S4. The first-order valence-corrected chi connectivity index (χ1v) is 23.8. The number of esters is 3. The zero-order valence-corrected chi connectivity index (χ0v) is 36.8. The Morgan fingerprint density at radius 1 is 0.707 bits per heavy atom. The number of nitrogens with zero attached hydrogens (tertiary/aromatic N) is 1. The molecule has 1 aromatic rings. The van der Waals surface area contributed by atoms with Gasteiger partial charge in [-0.3, -0.25) is 14.4 Å². The smallest absolute Gasteiger partial charge is 0.311 e. The maximum atomic E-state index is 14.3. The van der Waals surface area contributed by atoms with Crippen molar-refractivity contribution in [2.24, 2.45) is 16.2 Å². The van der Waals surface area contributed by atoms with E-state index in [1.54, 1.807) is 62.4 Å². The predicted octanol–water partition coefficient (Wildman–Crippen LogP) is 1.71. The van der Waals surface area contributed by atoms with E-state index in [9.17, 15) is 50.1 Å². The minimum absolute atomic E-state index is 0.0870. The Balaban J connectivity index is 1.77. The van der Waals surface area contributed by atoms with E-state index in [1.165, 1.54) is 21.6 Å². The number of hydrogen-bond acceptors (Lipinski definition) is 21. The summed E-state index contributed by atoms with van der Waals surface area (Å²) < 4.78 is 33.5. The molecule has 0 spiro atoms. The number of aliphatic hydroxyl groups excluding tert-OH is 7. The van der Waals surface area contributed by atoms with Crippen LogP contribution < -0.4 is 0 Å². The highest BCUT2D eigenvalue weighted by Crippen LogP contribution is 2.46. The molecule has 1 aromatic heterocycles. The van der Waals surface area contributed by atoms with Crippen molar-refractivity contribution in [3.8, 4) is 0 Å². The topological polar surface area (TPSA) is 261 Å². The predicted molar refractivity (Wildman–Crippen MR) is 217 cm³/mol. The van der Waals surface area contributed by atoms with Crippen molar-refractivity contribution in [3.05, 3.63) is 24.4 Å². The second-order valence-electron chi connectivity index (χ2n) is 15.2. The summed E-state index contributed by atoms with van der Waals surface area (Å²) in [7, 11) is 6.09. The molecule has 2 aliphatic heterocycles. The second-order valence-corrected chi connectivity index (χ2v) is 20.5. The van der Waals surface area contributed by atoms with Gasteiger partial charge in [0.05, 0.1) is 22.9 Å². The fourth-order valence-corrected chi connectivity index (χ4v) is 9.81. The van der Waals surface area contributed by atoms with Crippen LogP contribution in [0.15, 0.2) is 29.4 Å². The van der Waals surface area contributed by atoms with Gasteiger partial charge in [-0.1, -0.05) is 52.3 Å². The van der Waals surface area contributed by atoms with Crippen LogP contribution in [0.4, 0.5) is 0 Å². The summed E-state index contributed by atoms with van der Waals surface area (Å²) in [6.45, 7) is 9.03. The molecule has 2 aliphatic rings. The Labute approximate surface area is 354 Å². The monoisotopic (exact) mass is 901 g/mol. The number of rotatable bonds is 23. The van der Waals surface area contributed by atoms with Crippen molar-refractivity contribution in [2.75, 3.05) is 43.7 Å². The molecule has 0 aromatic carbocycles. The third kappa shape index (κ3) is 14.0. The molecule has 0 saturated carbocycles. The van der Waals surface area contributed by atoms with Gasteiger partial charge >= 0.3 is 17.9 Å². The van der Waals surface area contributed by atoms with E-state index in [1.807, 2.05) is 25.1 Å². The van der Waals surface area contributed by atoms with Crippen molar-refractivity contribution in [2.45, 2.75) is 127 Å². The summed E-state index contributed by atoms with van der Waals surface area (Å²) in [5.41, 5.74) is -4.03. The van der Waals surface area contributed by atoms with Gasteiger partial charge in [-0.25, -0.2) is 4.98 Å². The highest BCUT2D eigenvalue weighted by atomic mass is 33.1. The van der Waals surface area contributed by atoms with Gasteiger partial charge in [0, 0.05) is 23.5 Å². The number of carbonyl (C=O) groups excluding carboxylic acids is 3. The van der Waals surface area contributed by atoms with Gasteiger partial charge in [-0.15, -0.1) is 0 Å². The number of ether oxygens (including phenoxy) is 6. The van der Waals surface area contributed by atoms with E-state index in [-0.39, 0.29) is 32.5 Å². The van der Waals surface area contributed by atoms with E-state index in [0.29, 0.717) is 11.5 Å². The van der Waals surface area contributed by atoms with Gasteiger partial charge in [-0.2, -0.15) is 0 Å². The quantitative estimate of drug-likeness (QED) is 0.0357. The summed E-state index contributed by atoms with van der Waals surface area (Å²) in [5.74, 6) is -0.0800. The molecule has 12 atom stereocenters. The zero-order valence-electron chi connectivity index (χ0n) is 33.5. The first kappa shape index (κ1) is 50.9. The Bertz CT molecular complexity index is 1430. The number of carbonyl (C=O) groups is 3. The van der Waals surface area contributed by atoms with Crippen LogP contribution in [0.1, 0.15) is 60.8 Å². The molecule has 3 rings (SSSR count). The molecule has 17 nitrogen and oxygen atoms in total. The van der Waals surface area contributed by atoms with Gasteiger partial charge in [0.2, 0.25) is 0 Å². The third-order valence-corrected chi connectivity index (χ3v) is 14.5. The minimum atomic E-state index is -1.92. The molecule has 0 radical (unpaired) electrons. The third-order valence-electron chi connectivity index (χ3n) is 9.88. The van der Waals surface area contributed by atoms with Gasteiger partial charge in [0.15, 0.2) is 12.6 Å². The molecule has 0 aliphatic carbocycles. The highest BCUT2D eigenvalue weighted by Gasteiger charge is 2.52. The van der Waals surface area contributed by atoms with Crippen LogP contribution in [-0.4, -0.2) is 164 Å². The molecule has 0 bridgehead atoms. The van der Waals surface area contributed by atoms with Crippen molar-refractivity contribution < 1.29 is 78.6 Å². The molecule has 2 fully saturated rings. The van der Waals surface area contributed by atoms with E-state index < -0.39 is 109 Å². The Hall–Kier alpha value is -1.44. The molecule has 0 amide bonds. The van der Waals surface area contributed by atoms with Crippen LogP contribution >= 0.6 is 43.2 Å². The molecule has 58 heavy (non-hydrogen) atoms.